The van der Waals surface area contributed by atoms with E-state index in [1.165, 1.54) is 0 Å². The van der Waals surface area contributed by atoms with Gasteiger partial charge in [-0.25, -0.2) is 0 Å². The van der Waals surface area contributed by atoms with Crippen LogP contribution in [0.5, 0.6) is 0 Å². The van der Waals surface area contributed by atoms with Crippen LogP contribution >= 0.6 is 11.6 Å². The Hall–Kier alpha value is -2.05. The van der Waals surface area contributed by atoms with Crippen molar-refractivity contribution in [1.82, 2.24) is 5.32 Å². The minimum Gasteiger partial charge on any atom is -0.349 e. The molecular formula is C18H18ClN3O2S. The smallest absolute Gasteiger partial charge is 0.264 e. The van der Waals surface area contributed by atoms with Gasteiger partial charge in [-0.1, -0.05) is 60.7 Å². The molecule has 2 aromatic carbocycles. The van der Waals surface area contributed by atoms with Gasteiger partial charge in [0, 0.05) is 6.54 Å². The molecule has 0 spiro atoms. The van der Waals surface area contributed by atoms with Crippen LogP contribution in [0.1, 0.15) is 11.1 Å². The molecule has 0 bridgehead atoms. The van der Waals surface area contributed by atoms with Gasteiger partial charge in [-0.05, 0) is 11.1 Å². The molecule has 1 amide bonds. The van der Waals surface area contributed by atoms with E-state index in [2.05, 4.69) is 15.5 Å². The van der Waals surface area contributed by atoms with Crippen LogP contribution in [0.2, 0.25) is 0 Å². The van der Waals surface area contributed by atoms with E-state index in [0.717, 1.165) is 11.1 Å². The van der Waals surface area contributed by atoms with E-state index in [1.54, 1.807) is 0 Å². The van der Waals surface area contributed by atoms with Gasteiger partial charge in [0.05, 0.1) is 23.1 Å². The molecule has 1 aliphatic rings. The van der Waals surface area contributed by atoms with Gasteiger partial charge in [0.15, 0.2) is 0 Å². The second kappa shape index (κ2) is 7.89. The molecule has 0 aromatic heterocycles. The first-order chi connectivity index (χ1) is 12.1. The number of carbonyl (C=O) groups excluding carboxylic acids is 1. The number of halogens is 1. The van der Waals surface area contributed by atoms with Gasteiger partial charge in [0.25, 0.3) is 10.8 Å². The van der Waals surface area contributed by atoms with E-state index in [4.69, 9.17) is 11.6 Å². The first-order valence-corrected chi connectivity index (χ1v) is 9.66. The fourth-order valence-corrected chi connectivity index (χ4v) is 4.63. The molecule has 2 aromatic rings. The molecule has 7 heteroatoms. The van der Waals surface area contributed by atoms with Crippen molar-refractivity contribution in [3.05, 3.63) is 71.8 Å². The summed E-state index contributed by atoms with van der Waals surface area (Å²) in [4.78, 5) is 11.3. The van der Waals surface area contributed by atoms with Gasteiger partial charge in [0.2, 0.25) is 0 Å². The lowest BCUT2D eigenvalue weighted by atomic mass is 10.2. The zero-order valence-electron chi connectivity index (χ0n) is 13.5. The number of hydrogen-bond donors (Lipinski definition) is 1. The summed E-state index contributed by atoms with van der Waals surface area (Å²) in [5.74, 6) is -0.256. The lowest BCUT2D eigenvalue weighted by Crippen LogP contribution is -2.53. The van der Waals surface area contributed by atoms with Crippen molar-refractivity contribution in [2.45, 2.75) is 22.5 Å². The Labute approximate surface area is 154 Å². The third-order valence-electron chi connectivity index (χ3n) is 3.99. The SMILES string of the molecule is O=C(NCc1ccccc1)[C@@]1([S@](=O)Cc2ccccc2)N=NC[C@@H]1Cl. The molecule has 0 saturated carbocycles. The molecule has 3 atom stereocenters. The number of nitrogens with one attached hydrogen (secondary N) is 1. The van der Waals surface area contributed by atoms with E-state index in [1.807, 2.05) is 60.7 Å². The highest BCUT2D eigenvalue weighted by Gasteiger charge is 2.54. The molecule has 1 heterocycles. The quantitative estimate of drug-likeness (QED) is 0.788. The van der Waals surface area contributed by atoms with Gasteiger partial charge < -0.3 is 5.32 Å². The Kier molecular flexibility index (Phi) is 5.60. The Bertz CT molecular complexity index is 785. The van der Waals surface area contributed by atoms with Crippen molar-refractivity contribution in [1.29, 1.82) is 0 Å². The summed E-state index contributed by atoms with van der Waals surface area (Å²) < 4.78 is 13.0. The summed E-state index contributed by atoms with van der Waals surface area (Å²) in [5, 5.41) is 10.0. The van der Waals surface area contributed by atoms with Crippen molar-refractivity contribution in [3.63, 3.8) is 0 Å². The van der Waals surface area contributed by atoms with E-state index in [9.17, 15) is 9.00 Å². The maximum Gasteiger partial charge on any atom is 0.264 e. The van der Waals surface area contributed by atoms with Gasteiger partial charge in [-0.15, -0.1) is 11.6 Å². The van der Waals surface area contributed by atoms with Crippen molar-refractivity contribution in [2.75, 3.05) is 6.54 Å². The molecule has 0 saturated heterocycles. The summed E-state index contributed by atoms with van der Waals surface area (Å²) in [6.45, 7) is 0.504. The summed E-state index contributed by atoms with van der Waals surface area (Å²) in [6.07, 6.45) is 0. The highest BCUT2D eigenvalue weighted by Crippen LogP contribution is 2.33. The van der Waals surface area contributed by atoms with Crippen LogP contribution in [0.25, 0.3) is 0 Å². The average molecular weight is 376 g/mol. The molecule has 5 nitrogen and oxygen atoms in total. The zero-order chi connectivity index (χ0) is 17.7. The second-order valence-electron chi connectivity index (χ2n) is 5.73. The standard InChI is InChI=1S/C18H18ClN3O2S/c19-16-12-21-22-18(16,25(24)13-15-9-5-2-6-10-15)17(23)20-11-14-7-3-1-4-8-14/h1-10,16H,11-13H2,(H,20,23)/t16-,18+,25+/m0/s1. The van der Waals surface area contributed by atoms with Gasteiger partial charge in [-0.3, -0.25) is 9.00 Å². The number of rotatable bonds is 6. The number of carbonyl (C=O) groups is 1. The van der Waals surface area contributed by atoms with E-state index in [-0.39, 0.29) is 12.3 Å². The summed E-state index contributed by atoms with van der Waals surface area (Å²) in [5.41, 5.74) is 1.81. The number of nitrogens with zero attached hydrogens (tertiary/aromatic N) is 2. The summed E-state index contributed by atoms with van der Waals surface area (Å²) in [6, 6.07) is 18.8. The van der Waals surface area contributed by atoms with Crippen molar-refractivity contribution >= 4 is 28.3 Å². The number of benzene rings is 2. The van der Waals surface area contributed by atoms with Crippen molar-refractivity contribution in [3.8, 4) is 0 Å². The van der Waals surface area contributed by atoms with Crippen LogP contribution < -0.4 is 5.32 Å². The van der Waals surface area contributed by atoms with Gasteiger partial charge in [0.1, 0.15) is 5.38 Å². The topological polar surface area (TPSA) is 70.9 Å². The Balaban J connectivity index is 1.77. The Morgan fingerprint density at radius 2 is 1.72 bits per heavy atom. The van der Waals surface area contributed by atoms with E-state index < -0.39 is 27.0 Å². The average Bonchev–Trinajstić information content (AvgIpc) is 3.04. The molecule has 0 fully saturated rings. The predicted molar refractivity (Wildman–Crippen MR) is 98.7 cm³/mol. The van der Waals surface area contributed by atoms with E-state index >= 15 is 0 Å². The fourth-order valence-electron chi connectivity index (χ4n) is 2.62. The van der Waals surface area contributed by atoms with Gasteiger partial charge >= 0.3 is 0 Å². The first kappa shape index (κ1) is 17.8. The fraction of sp³-hybridized carbons (Fsp3) is 0.278. The van der Waals surface area contributed by atoms with Crippen molar-refractivity contribution in [2.24, 2.45) is 10.2 Å². The van der Waals surface area contributed by atoms with Crippen LogP contribution in [0.3, 0.4) is 0 Å². The third-order valence-corrected chi connectivity index (χ3v) is 6.42. The van der Waals surface area contributed by atoms with Crippen LogP contribution in [0, 0.1) is 0 Å². The monoisotopic (exact) mass is 375 g/mol. The minimum absolute atomic E-state index is 0.181. The molecule has 130 valence electrons. The minimum atomic E-state index is -1.63. The van der Waals surface area contributed by atoms with Crippen LogP contribution in [0.4, 0.5) is 0 Å². The molecule has 1 N–H and O–H groups in total. The summed E-state index contributed by atoms with van der Waals surface area (Å²) >= 11 is 6.33. The maximum atomic E-state index is 13.0. The van der Waals surface area contributed by atoms with Crippen LogP contribution in [0.15, 0.2) is 70.9 Å². The Morgan fingerprint density at radius 3 is 2.28 bits per heavy atom. The first-order valence-electron chi connectivity index (χ1n) is 7.90. The van der Waals surface area contributed by atoms with E-state index in [0.29, 0.717) is 6.54 Å². The predicted octanol–water partition coefficient (Wildman–Crippen LogP) is 3.02. The number of hydrogen-bond acceptors (Lipinski definition) is 4. The molecule has 0 radical (unpaired) electrons. The lowest BCUT2D eigenvalue weighted by molar-refractivity contribution is -0.123. The molecule has 1 aliphatic heterocycles. The normalized spacial score (nSPS) is 23.3. The number of alkyl halides is 1. The van der Waals surface area contributed by atoms with Crippen molar-refractivity contribution < 1.29 is 9.00 Å². The molecule has 25 heavy (non-hydrogen) atoms. The molecular weight excluding hydrogens is 358 g/mol. The Morgan fingerprint density at radius 1 is 1.12 bits per heavy atom. The number of amides is 1. The lowest BCUT2D eigenvalue weighted by Gasteiger charge is -2.26. The largest absolute Gasteiger partial charge is 0.349 e. The zero-order valence-corrected chi connectivity index (χ0v) is 15.0. The number of azo groups is 1. The maximum absolute atomic E-state index is 13.0. The highest BCUT2D eigenvalue weighted by molar-refractivity contribution is 7.86. The van der Waals surface area contributed by atoms with Crippen LogP contribution in [-0.4, -0.2) is 26.9 Å². The molecule has 3 rings (SSSR count). The molecule has 0 unspecified atom stereocenters. The second-order valence-corrected chi connectivity index (χ2v) is 7.86. The summed E-state index contributed by atoms with van der Waals surface area (Å²) in [7, 11) is -1.63. The molecule has 0 aliphatic carbocycles. The third kappa shape index (κ3) is 3.80. The van der Waals surface area contributed by atoms with Crippen LogP contribution in [-0.2, 0) is 27.9 Å². The van der Waals surface area contributed by atoms with Gasteiger partial charge in [-0.2, -0.15) is 10.2 Å². The highest BCUT2D eigenvalue weighted by atomic mass is 35.5.